The molecule has 1 fully saturated rings. The fraction of sp³-hybridized carbons (Fsp3) is 0.364. The Kier molecular flexibility index (Phi) is 2.07. The lowest BCUT2D eigenvalue weighted by molar-refractivity contribution is -0.384. The van der Waals surface area contributed by atoms with E-state index in [0.29, 0.717) is 0 Å². The number of carbonyl (C=O) groups excluding carboxylic acids is 1. The third-order valence-corrected chi connectivity index (χ3v) is 3.06. The van der Waals surface area contributed by atoms with Crippen molar-refractivity contribution in [3.63, 3.8) is 0 Å². The molecule has 0 saturated heterocycles. The van der Waals surface area contributed by atoms with Crippen molar-refractivity contribution in [2.45, 2.75) is 19.3 Å². The third-order valence-electron chi connectivity index (χ3n) is 3.06. The van der Waals surface area contributed by atoms with Gasteiger partial charge in [0.1, 0.15) is 6.29 Å². The number of rotatable bonds is 3. The zero-order valence-corrected chi connectivity index (χ0v) is 8.34. The molecular weight excluding hydrogens is 194 g/mol. The summed E-state index contributed by atoms with van der Waals surface area (Å²) in [5.41, 5.74) is 0.846. The summed E-state index contributed by atoms with van der Waals surface area (Å²) in [5.74, 6) is 0.232. The van der Waals surface area contributed by atoms with E-state index in [1.54, 1.807) is 12.1 Å². The van der Waals surface area contributed by atoms with E-state index in [0.717, 1.165) is 18.3 Å². The molecule has 2 unspecified atom stereocenters. The molecule has 2 rings (SSSR count). The van der Waals surface area contributed by atoms with Gasteiger partial charge in [-0.2, -0.15) is 0 Å². The van der Waals surface area contributed by atoms with Crippen LogP contribution in [0.2, 0.25) is 0 Å². The second-order valence-corrected chi connectivity index (χ2v) is 4.23. The first kappa shape index (κ1) is 9.83. The summed E-state index contributed by atoms with van der Waals surface area (Å²) in [6.45, 7) is 1.91. The van der Waals surface area contributed by atoms with Gasteiger partial charge in [0.25, 0.3) is 5.69 Å². The highest BCUT2D eigenvalue weighted by Crippen LogP contribution is 2.57. The van der Waals surface area contributed by atoms with Gasteiger partial charge in [-0.25, -0.2) is 0 Å². The second-order valence-electron chi connectivity index (χ2n) is 4.23. The normalized spacial score (nSPS) is 28.5. The van der Waals surface area contributed by atoms with Crippen LogP contribution in [-0.4, -0.2) is 11.2 Å². The lowest BCUT2D eigenvalue weighted by atomic mass is 10.0. The first-order valence-electron chi connectivity index (χ1n) is 4.77. The maximum absolute atomic E-state index is 10.7. The van der Waals surface area contributed by atoms with Crippen LogP contribution in [0.1, 0.15) is 24.8 Å². The Hall–Kier alpha value is -1.71. The average Bonchev–Trinajstić information content (AvgIpc) is 2.92. The first-order valence-corrected chi connectivity index (χ1v) is 4.77. The molecule has 0 bridgehead atoms. The van der Waals surface area contributed by atoms with Gasteiger partial charge < -0.3 is 4.79 Å². The van der Waals surface area contributed by atoms with Gasteiger partial charge in [-0.05, 0) is 17.9 Å². The van der Waals surface area contributed by atoms with Crippen molar-refractivity contribution in [3.05, 3.63) is 39.9 Å². The second kappa shape index (κ2) is 3.15. The molecule has 1 aliphatic carbocycles. The Labute approximate surface area is 87.1 Å². The molecule has 0 aromatic heterocycles. The van der Waals surface area contributed by atoms with Crippen molar-refractivity contribution in [1.29, 1.82) is 0 Å². The topological polar surface area (TPSA) is 60.2 Å². The minimum absolute atomic E-state index is 0.0900. The van der Waals surface area contributed by atoms with Crippen LogP contribution in [0.3, 0.4) is 0 Å². The van der Waals surface area contributed by atoms with Crippen molar-refractivity contribution < 1.29 is 9.72 Å². The van der Waals surface area contributed by atoms with Crippen molar-refractivity contribution in [1.82, 2.24) is 0 Å². The smallest absolute Gasteiger partial charge is 0.269 e. The fourth-order valence-corrected chi connectivity index (χ4v) is 1.84. The highest BCUT2D eigenvalue weighted by molar-refractivity contribution is 5.67. The van der Waals surface area contributed by atoms with Crippen LogP contribution in [0.15, 0.2) is 24.3 Å². The van der Waals surface area contributed by atoms with Gasteiger partial charge in [0.2, 0.25) is 0 Å². The molecule has 0 amide bonds. The predicted molar refractivity (Wildman–Crippen MR) is 54.6 cm³/mol. The van der Waals surface area contributed by atoms with Gasteiger partial charge in [-0.1, -0.05) is 19.1 Å². The van der Waals surface area contributed by atoms with Gasteiger partial charge >= 0.3 is 0 Å². The van der Waals surface area contributed by atoms with Crippen LogP contribution in [0.5, 0.6) is 0 Å². The summed E-state index contributed by atoms with van der Waals surface area (Å²) < 4.78 is 0. The van der Waals surface area contributed by atoms with Gasteiger partial charge in [0.15, 0.2) is 0 Å². The number of nitro groups is 1. The summed E-state index contributed by atoms with van der Waals surface area (Å²) >= 11 is 0. The van der Waals surface area contributed by atoms with Crippen LogP contribution in [0, 0.1) is 15.5 Å². The van der Waals surface area contributed by atoms with E-state index in [-0.39, 0.29) is 17.0 Å². The number of nitrogens with zero attached hydrogens (tertiary/aromatic N) is 1. The lowest BCUT2D eigenvalue weighted by Gasteiger charge is -2.01. The maximum atomic E-state index is 10.7. The maximum Gasteiger partial charge on any atom is 0.269 e. The average molecular weight is 205 g/mol. The summed E-state index contributed by atoms with van der Waals surface area (Å²) in [4.78, 5) is 20.7. The summed E-state index contributed by atoms with van der Waals surface area (Å²) in [6, 6.07) is 6.44. The minimum atomic E-state index is -0.421. The molecule has 4 nitrogen and oxygen atoms in total. The van der Waals surface area contributed by atoms with Crippen LogP contribution in [0.25, 0.3) is 0 Å². The van der Waals surface area contributed by atoms with Crippen molar-refractivity contribution in [3.8, 4) is 0 Å². The third kappa shape index (κ3) is 1.63. The monoisotopic (exact) mass is 205 g/mol. The van der Waals surface area contributed by atoms with Crippen molar-refractivity contribution in [2.24, 2.45) is 5.41 Å². The van der Waals surface area contributed by atoms with Crippen molar-refractivity contribution >= 4 is 12.0 Å². The molecule has 1 saturated carbocycles. The fourth-order valence-electron chi connectivity index (χ4n) is 1.84. The molecule has 2 atom stereocenters. The number of aldehydes is 1. The zero-order valence-electron chi connectivity index (χ0n) is 8.34. The molecule has 0 aliphatic heterocycles. The molecule has 1 aliphatic rings. The molecular formula is C11H11NO3. The molecule has 78 valence electrons. The Balaban J connectivity index is 2.19. The van der Waals surface area contributed by atoms with E-state index in [9.17, 15) is 14.9 Å². The molecule has 4 heteroatoms. The van der Waals surface area contributed by atoms with Crippen LogP contribution >= 0.6 is 0 Å². The Morgan fingerprint density at radius 3 is 2.47 bits per heavy atom. The number of nitro benzene ring substituents is 1. The summed E-state index contributed by atoms with van der Waals surface area (Å²) in [7, 11) is 0. The largest absolute Gasteiger partial charge is 0.303 e. The highest BCUT2D eigenvalue weighted by Gasteiger charge is 2.50. The van der Waals surface area contributed by atoms with Gasteiger partial charge in [0.05, 0.1) is 4.92 Å². The molecule has 0 spiro atoms. The van der Waals surface area contributed by atoms with E-state index < -0.39 is 4.92 Å². The van der Waals surface area contributed by atoms with E-state index in [1.807, 2.05) is 6.92 Å². The molecule has 0 radical (unpaired) electrons. The van der Waals surface area contributed by atoms with Crippen LogP contribution in [0.4, 0.5) is 5.69 Å². The Bertz CT molecular complexity index is 412. The van der Waals surface area contributed by atoms with Gasteiger partial charge in [0, 0.05) is 17.5 Å². The van der Waals surface area contributed by atoms with Crippen molar-refractivity contribution in [2.75, 3.05) is 0 Å². The quantitative estimate of drug-likeness (QED) is 0.432. The first-order chi connectivity index (χ1) is 7.07. The number of hydrogen-bond acceptors (Lipinski definition) is 3. The molecule has 1 aromatic carbocycles. The molecule has 15 heavy (non-hydrogen) atoms. The summed E-state index contributed by atoms with van der Waals surface area (Å²) in [6.07, 6.45) is 1.81. The lowest BCUT2D eigenvalue weighted by Crippen LogP contribution is -1.98. The standard InChI is InChI=1S/C11H11NO3/c1-11(7-13)6-10(11)8-2-4-9(5-3-8)12(14)15/h2-5,7,10H,6H2,1H3. The number of non-ortho nitro benzene ring substituents is 1. The van der Waals surface area contributed by atoms with Gasteiger partial charge in [-0.3, -0.25) is 10.1 Å². The molecule has 1 aromatic rings. The van der Waals surface area contributed by atoms with Crippen LogP contribution in [-0.2, 0) is 4.79 Å². The summed E-state index contributed by atoms with van der Waals surface area (Å²) in [5, 5.41) is 10.4. The number of hydrogen-bond donors (Lipinski definition) is 0. The van der Waals surface area contributed by atoms with E-state index in [4.69, 9.17) is 0 Å². The minimum Gasteiger partial charge on any atom is -0.303 e. The number of carbonyl (C=O) groups is 1. The number of benzene rings is 1. The predicted octanol–water partition coefficient (Wildman–Crippen LogP) is 2.29. The van der Waals surface area contributed by atoms with Crippen LogP contribution < -0.4 is 0 Å². The van der Waals surface area contributed by atoms with E-state index in [1.165, 1.54) is 12.1 Å². The Morgan fingerprint density at radius 1 is 1.47 bits per heavy atom. The Morgan fingerprint density at radius 2 is 2.07 bits per heavy atom. The van der Waals surface area contributed by atoms with Gasteiger partial charge in [-0.15, -0.1) is 0 Å². The SMILES string of the molecule is CC1(C=O)CC1c1ccc([N+](=O)[O-])cc1. The highest BCUT2D eigenvalue weighted by atomic mass is 16.6. The molecule has 0 N–H and O–H groups in total. The van der Waals surface area contributed by atoms with E-state index >= 15 is 0 Å². The molecule has 0 heterocycles. The van der Waals surface area contributed by atoms with E-state index in [2.05, 4.69) is 0 Å². The zero-order chi connectivity index (χ0) is 11.1.